The van der Waals surface area contributed by atoms with Crippen LogP contribution in [0.15, 0.2) is 41.3 Å². The maximum absolute atomic E-state index is 12.8. The highest BCUT2D eigenvalue weighted by Crippen LogP contribution is 2.28. The summed E-state index contributed by atoms with van der Waals surface area (Å²) in [4.78, 5) is 2.40. The average molecular weight is 399 g/mol. The summed E-state index contributed by atoms with van der Waals surface area (Å²) in [6.07, 6.45) is 0. The Bertz CT molecular complexity index is 892. The van der Waals surface area contributed by atoms with Crippen molar-refractivity contribution in [2.75, 3.05) is 31.1 Å². The van der Waals surface area contributed by atoms with Gasteiger partial charge in [0.25, 0.3) is 0 Å². The lowest BCUT2D eigenvalue weighted by atomic mass is 10.1. The molecule has 1 fully saturated rings. The number of anilines is 1. The van der Waals surface area contributed by atoms with Crippen LogP contribution in [0, 0.1) is 13.8 Å². The smallest absolute Gasteiger partial charge is 0.243 e. The summed E-state index contributed by atoms with van der Waals surface area (Å²) in [5.41, 5.74) is 3.63. The van der Waals surface area contributed by atoms with E-state index in [2.05, 4.69) is 36.9 Å². The van der Waals surface area contributed by atoms with Crippen molar-refractivity contribution < 1.29 is 8.42 Å². The van der Waals surface area contributed by atoms with Crippen LogP contribution < -0.4 is 4.90 Å². The van der Waals surface area contributed by atoms with Gasteiger partial charge in [-0.05, 0) is 55.3 Å². The fourth-order valence-corrected chi connectivity index (χ4v) is 4.71. The second-order valence-corrected chi connectivity index (χ2v) is 8.99. The number of benzene rings is 2. The molecule has 3 rings (SSSR count). The SMILES string of the molecule is Cc1ccc(N2CCN(S(=O)(=O)c3ccc(Cl)c(Cl)c3)CC2)cc1C. The molecule has 0 aromatic heterocycles. The molecular weight excluding hydrogens is 379 g/mol. The summed E-state index contributed by atoms with van der Waals surface area (Å²) >= 11 is 11.8. The Kier molecular flexibility index (Phi) is 5.30. The van der Waals surface area contributed by atoms with Crippen LogP contribution in [0.2, 0.25) is 10.0 Å². The van der Waals surface area contributed by atoms with Crippen molar-refractivity contribution in [2.24, 2.45) is 0 Å². The molecule has 0 bridgehead atoms. The molecule has 2 aromatic rings. The molecule has 1 saturated heterocycles. The zero-order chi connectivity index (χ0) is 18.2. The van der Waals surface area contributed by atoms with Gasteiger partial charge in [-0.25, -0.2) is 8.42 Å². The number of nitrogens with zero attached hydrogens (tertiary/aromatic N) is 2. The minimum atomic E-state index is -3.56. The highest BCUT2D eigenvalue weighted by molar-refractivity contribution is 7.89. The Morgan fingerprint density at radius 1 is 0.840 bits per heavy atom. The molecule has 0 aliphatic carbocycles. The third-order valence-electron chi connectivity index (χ3n) is 4.62. The summed E-state index contributed by atoms with van der Waals surface area (Å²) in [6, 6.07) is 10.8. The van der Waals surface area contributed by atoms with E-state index in [1.807, 2.05) is 0 Å². The third kappa shape index (κ3) is 3.80. The van der Waals surface area contributed by atoms with Gasteiger partial charge in [0.1, 0.15) is 0 Å². The van der Waals surface area contributed by atoms with E-state index in [0.29, 0.717) is 31.2 Å². The minimum absolute atomic E-state index is 0.182. The predicted molar refractivity (Wildman–Crippen MR) is 103 cm³/mol. The molecule has 0 atom stereocenters. The Hall–Kier alpha value is -1.27. The average Bonchev–Trinajstić information content (AvgIpc) is 2.60. The first-order valence-electron chi connectivity index (χ1n) is 8.06. The Morgan fingerprint density at radius 3 is 2.12 bits per heavy atom. The normalized spacial score (nSPS) is 16.2. The summed E-state index contributed by atoms with van der Waals surface area (Å²) in [7, 11) is -3.56. The Morgan fingerprint density at radius 2 is 1.52 bits per heavy atom. The van der Waals surface area contributed by atoms with Crippen LogP contribution in [0.4, 0.5) is 5.69 Å². The zero-order valence-corrected chi connectivity index (χ0v) is 16.5. The van der Waals surface area contributed by atoms with Gasteiger partial charge in [0, 0.05) is 31.9 Å². The van der Waals surface area contributed by atoms with Gasteiger partial charge in [-0.15, -0.1) is 0 Å². The molecule has 0 saturated carbocycles. The van der Waals surface area contributed by atoms with Gasteiger partial charge in [0.15, 0.2) is 0 Å². The van der Waals surface area contributed by atoms with Gasteiger partial charge >= 0.3 is 0 Å². The lowest BCUT2D eigenvalue weighted by Crippen LogP contribution is -2.48. The van der Waals surface area contributed by atoms with Crippen molar-refractivity contribution in [3.63, 3.8) is 0 Å². The standard InChI is InChI=1S/C18H20Cl2N2O2S/c1-13-3-4-15(11-14(13)2)21-7-9-22(10-8-21)25(23,24)16-5-6-17(19)18(20)12-16/h3-6,11-12H,7-10H2,1-2H3. The van der Waals surface area contributed by atoms with E-state index >= 15 is 0 Å². The van der Waals surface area contributed by atoms with E-state index in [0.717, 1.165) is 5.69 Å². The Balaban J connectivity index is 1.74. The molecule has 25 heavy (non-hydrogen) atoms. The second-order valence-electron chi connectivity index (χ2n) is 6.24. The van der Waals surface area contributed by atoms with Gasteiger partial charge < -0.3 is 4.90 Å². The summed E-state index contributed by atoms with van der Waals surface area (Å²) in [5, 5.41) is 0.594. The van der Waals surface area contributed by atoms with Crippen molar-refractivity contribution >= 4 is 38.9 Å². The van der Waals surface area contributed by atoms with Gasteiger partial charge in [-0.2, -0.15) is 4.31 Å². The molecule has 1 aliphatic heterocycles. The molecule has 134 valence electrons. The number of aryl methyl sites for hydroxylation is 2. The van der Waals surface area contributed by atoms with Crippen molar-refractivity contribution in [1.29, 1.82) is 0 Å². The first kappa shape index (κ1) is 18.5. The molecule has 1 aliphatic rings. The fraction of sp³-hybridized carbons (Fsp3) is 0.333. The number of hydrogen-bond donors (Lipinski definition) is 0. The molecule has 0 spiro atoms. The van der Waals surface area contributed by atoms with Gasteiger partial charge in [-0.1, -0.05) is 29.3 Å². The van der Waals surface area contributed by atoms with Crippen molar-refractivity contribution in [1.82, 2.24) is 4.31 Å². The number of hydrogen-bond acceptors (Lipinski definition) is 3. The van der Waals surface area contributed by atoms with Gasteiger partial charge in [-0.3, -0.25) is 0 Å². The minimum Gasteiger partial charge on any atom is -0.369 e. The first-order valence-corrected chi connectivity index (χ1v) is 10.3. The molecule has 0 radical (unpaired) electrons. The van der Waals surface area contributed by atoms with Crippen LogP contribution in [0.5, 0.6) is 0 Å². The molecule has 1 heterocycles. The summed E-state index contributed by atoms with van der Waals surface area (Å²) in [6.45, 7) is 6.36. The maximum atomic E-state index is 12.8. The second kappa shape index (κ2) is 7.16. The van der Waals surface area contributed by atoms with E-state index in [-0.39, 0.29) is 9.92 Å². The highest BCUT2D eigenvalue weighted by atomic mass is 35.5. The van der Waals surface area contributed by atoms with E-state index < -0.39 is 10.0 Å². The quantitative estimate of drug-likeness (QED) is 0.780. The number of sulfonamides is 1. The lowest BCUT2D eigenvalue weighted by molar-refractivity contribution is 0.385. The predicted octanol–water partition coefficient (Wildman–Crippen LogP) is 4.12. The van der Waals surface area contributed by atoms with Crippen LogP contribution in [-0.4, -0.2) is 38.9 Å². The lowest BCUT2D eigenvalue weighted by Gasteiger charge is -2.35. The van der Waals surface area contributed by atoms with Crippen LogP contribution >= 0.6 is 23.2 Å². The summed E-state index contributed by atoms with van der Waals surface area (Å²) < 4.78 is 27.1. The monoisotopic (exact) mass is 398 g/mol. The first-order chi connectivity index (χ1) is 11.8. The van der Waals surface area contributed by atoms with Crippen LogP contribution in [-0.2, 0) is 10.0 Å². The van der Waals surface area contributed by atoms with Crippen LogP contribution in [0.25, 0.3) is 0 Å². The largest absolute Gasteiger partial charge is 0.369 e. The molecule has 0 N–H and O–H groups in total. The van der Waals surface area contributed by atoms with Crippen LogP contribution in [0.3, 0.4) is 0 Å². The molecule has 2 aromatic carbocycles. The van der Waals surface area contributed by atoms with Gasteiger partial charge in [0.05, 0.1) is 14.9 Å². The molecule has 4 nitrogen and oxygen atoms in total. The Labute approximate surface area is 159 Å². The fourth-order valence-electron chi connectivity index (χ4n) is 2.90. The number of halogens is 2. The molecule has 0 amide bonds. The number of rotatable bonds is 3. The van der Waals surface area contributed by atoms with Crippen molar-refractivity contribution in [3.05, 3.63) is 57.6 Å². The molecule has 7 heteroatoms. The van der Waals surface area contributed by atoms with Crippen LogP contribution in [0.1, 0.15) is 11.1 Å². The molecule has 0 unspecified atom stereocenters. The number of piperazine rings is 1. The van der Waals surface area contributed by atoms with Gasteiger partial charge in [0.2, 0.25) is 10.0 Å². The van der Waals surface area contributed by atoms with Crippen molar-refractivity contribution in [3.8, 4) is 0 Å². The topological polar surface area (TPSA) is 40.6 Å². The summed E-state index contributed by atoms with van der Waals surface area (Å²) in [5.74, 6) is 0. The van der Waals surface area contributed by atoms with E-state index in [9.17, 15) is 8.42 Å². The van der Waals surface area contributed by atoms with E-state index in [1.165, 1.54) is 33.6 Å². The molecular formula is C18H20Cl2N2O2S. The van der Waals surface area contributed by atoms with E-state index in [4.69, 9.17) is 23.2 Å². The maximum Gasteiger partial charge on any atom is 0.243 e. The van der Waals surface area contributed by atoms with E-state index in [1.54, 1.807) is 0 Å². The third-order valence-corrected chi connectivity index (χ3v) is 7.26. The zero-order valence-electron chi connectivity index (χ0n) is 14.2. The van der Waals surface area contributed by atoms with Crippen molar-refractivity contribution in [2.45, 2.75) is 18.7 Å². The highest BCUT2D eigenvalue weighted by Gasteiger charge is 2.29.